The monoisotopic (exact) mass is 415 g/mol. The fourth-order valence-electron chi connectivity index (χ4n) is 3.47. The molecule has 0 bridgehead atoms. The predicted octanol–water partition coefficient (Wildman–Crippen LogP) is 2.64. The van der Waals surface area contributed by atoms with Crippen molar-refractivity contribution in [1.29, 1.82) is 0 Å². The van der Waals surface area contributed by atoms with Crippen molar-refractivity contribution in [2.45, 2.75) is 25.1 Å². The van der Waals surface area contributed by atoms with Crippen LogP contribution in [0.1, 0.15) is 40.9 Å². The maximum Gasteiger partial charge on any atom is 0.251 e. The molecule has 1 atom stereocenters. The summed E-state index contributed by atoms with van der Waals surface area (Å²) in [5, 5.41) is 3.05. The zero-order chi connectivity index (χ0) is 20.9. The standard InChI is InChI=1S/C22H29N3O3S/c1-3-21(19-7-5-4-6-8-19)23-22(26)20-11-9-18(10-12-20)17-29(27,28)25-15-13-24(2)14-16-25/h4-12,21H,3,13-17H2,1-2H3,(H,23,26). The third kappa shape index (κ3) is 5.65. The van der Waals surface area contributed by atoms with E-state index in [1.807, 2.05) is 44.3 Å². The van der Waals surface area contributed by atoms with Gasteiger partial charge in [0.2, 0.25) is 10.0 Å². The van der Waals surface area contributed by atoms with Gasteiger partial charge in [-0.05, 0) is 36.7 Å². The summed E-state index contributed by atoms with van der Waals surface area (Å²) in [6.45, 7) is 4.58. The lowest BCUT2D eigenvalue weighted by Crippen LogP contribution is -2.47. The minimum absolute atomic E-state index is 0.0415. The number of piperazine rings is 1. The molecule has 3 rings (SSSR count). The molecule has 1 saturated heterocycles. The van der Waals surface area contributed by atoms with Gasteiger partial charge in [0.05, 0.1) is 11.8 Å². The summed E-state index contributed by atoms with van der Waals surface area (Å²) < 4.78 is 26.9. The average Bonchev–Trinajstić information content (AvgIpc) is 2.73. The van der Waals surface area contributed by atoms with Crippen molar-refractivity contribution in [3.8, 4) is 0 Å². The molecule has 1 aliphatic heterocycles. The molecule has 0 radical (unpaired) electrons. The minimum Gasteiger partial charge on any atom is -0.345 e. The highest BCUT2D eigenvalue weighted by molar-refractivity contribution is 7.88. The van der Waals surface area contributed by atoms with E-state index < -0.39 is 10.0 Å². The molecule has 1 unspecified atom stereocenters. The highest BCUT2D eigenvalue weighted by Gasteiger charge is 2.26. The van der Waals surface area contributed by atoms with Gasteiger partial charge in [-0.25, -0.2) is 8.42 Å². The van der Waals surface area contributed by atoms with Gasteiger partial charge >= 0.3 is 0 Å². The Morgan fingerprint density at radius 3 is 2.21 bits per heavy atom. The number of carbonyl (C=O) groups is 1. The molecule has 0 aliphatic carbocycles. The quantitative estimate of drug-likeness (QED) is 0.755. The van der Waals surface area contributed by atoms with Gasteiger partial charge in [-0.3, -0.25) is 4.79 Å². The zero-order valence-corrected chi connectivity index (χ0v) is 17.9. The number of likely N-dealkylation sites (N-methyl/N-ethyl adjacent to an activating group) is 1. The Kier molecular flexibility index (Phi) is 7.05. The van der Waals surface area contributed by atoms with E-state index in [-0.39, 0.29) is 17.7 Å². The molecule has 1 fully saturated rings. The number of nitrogens with zero attached hydrogens (tertiary/aromatic N) is 2. The molecule has 2 aromatic carbocycles. The van der Waals surface area contributed by atoms with Crippen LogP contribution in [-0.2, 0) is 15.8 Å². The highest BCUT2D eigenvalue weighted by atomic mass is 32.2. The summed E-state index contributed by atoms with van der Waals surface area (Å²) >= 11 is 0. The third-order valence-electron chi connectivity index (χ3n) is 5.34. The van der Waals surface area contributed by atoms with Crippen LogP contribution in [-0.4, -0.2) is 56.8 Å². The number of sulfonamides is 1. The molecule has 0 spiro atoms. The first-order chi connectivity index (χ1) is 13.9. The number of amides is 1. The molecule has 0 aromatic heterocycles. The van der Waals surface area contributed by atoms with Gasteiger partial charge in [-0.15, -0.1) is 0 Å². The van der Waals surface area contributed by atoms with E-state index in [9.17, 15) is 13.2 Å². The van der Waals surface area contributed by atoms with Crippen molar-refractivity contribution in [2.24, 2.45) is 0 Å². The topological polar surface area (TPSA) is 69.7 Å². The minimum atomic E-state index is -3.35. The number of hydrogen-bond acceptors (Lipinski definition) is 4. The Balaban J connectivity index is 1.62. The maximum absolute atomic E-state index is 12.6. The number of rotatable bonds is 7. The van der Waals surface area contributed by atoms with Crippen LogP contribution in [0.5, 0.6) is 0 Å². The van der Waals surface area contributed by atoms with Crippen molar-refractivity contribution < 1.29 is 13.2 Å². The van der Waals surface area contributed by atoms with Crippen LogP contribution < -0.4 is 5.32 Å². The lowest BCUT2D eigenvalue weighted by molar-refractivity contribution is 0.0935. The van der Waals surface area contributed by atoms with E-state index in [0.717, 1.165) is 25.1 Å². The highest BCUT2D eigenvalue weighted by Crippen LogP contribution is 2.18. The molecular weight excluding hydrogens is 386 g/mol. The molecule has 1 N–H and O–H groups in total. The summed E-state index contributed by atoms with van der Waals surface area (Å²) in [6.07, 6.45) is 0.789. The van der Waals surface area contributed by atoms with E-state index in [1.165, 1.54) is 0 Å². The Hall–Kier alpha value is -2.22. The summed E-state index contributed by atoms with van der Waals surface area (Å²) in [7, 11) is -1.35. The second-order valence-electron chi connectivity index (χ2n) is 7.50. The Bertz CT molecular complexity index is 906. The van der Waals surface area contributed by atoms with Crippen molar-refractivity contribution in [2.75, 3.05) is 33.2 Å². The first kappa shape index (κ1) is 21.5. The molecule has 6 nitrogen and oxygen atoms in total. The number of carbonyl (C=O) groups excluding carboxylic acids is 1. The van der Waals surface area contributed by atoms with Crippen LogP contribution in [0.15, 0.2) is 54.6 Å². The largest absolute Gasteiger partial charge is 0.345 e. The second-order valence-corrected chi connectivity index (χ2v) is 9.47. The van der Waals surface area contributed by atoms with Gasteiger partial charge in [0, 0.05) is 31.7 Å². The maximum atomic E-state index is 12.6. The van der Waals surface area contributed by atoms with Gasteiger partial charge in [-0.2, -0.15) is 4.31 Å². The normalized spacial score (nSPS) is 17.0. The van der Waals surface area contributed by atoms with E-state index in [4.69, 9.17) is 0 Å². The number of hydrogen-bond donors (Lipinski definition) is 1. The fraction of sp³-hybridized carbons (Fsp3) is 0.409. The Labute approximate surface area is 173 Å². The lowest BCUT2D eigenvalue weighted by Gasteiger charge is -2.31. The van der Waals surface area contributed by atoms with Crippen LogP contribution >= 0.6 is 0 Å². The van der Waals surface area contributed by atoms with Crippen molar-refractivity contribution in [3.63, 3.8) is 0 Å². The van der Waals surface area contributed by atoms with Gasteiger partial charge in [-0.1, -0.05) is 49.4 Å². The van der Waals surface area contributed by atoms with Gasteiger partial charge < -0.3 is 10.2 Å². The van der Waals surface area contributed by atoms with E-state index in [0.29, 0.717) is 24.2 Å². The molecule has 156 valence electrons. The fourth-order valence-corrected chi connectivity index (χ4v) is 4.98. The second kappa shape index (κ2) is 9.52. The molecule has 0 saturated carbocycles. The van der Waals surface area contributed by atoms with E-state index in [1.54, 1.807) is 28.6 Å². The van der Waals surface area contributed by atoms with E-state index in [2.05, 4.69) is 10.2 Å². The third-order valence-corrected chi connectivity index (χ3v) is 7.19. The van der Waals surface area contributed by atoms with Crippen LogP contribution in [0.2, 0.25) is 0 Å². The van der Waals surface area contributed by atoms with Crippen LogP contribution in [0.4, 0.5) is 0 Å². The molecule has 2 aromatic rings. The average molecular weight is 416 g/mol. The molecule has 1 heterocycles. The summed E-state index contributed by atoms with van der Waals surface area (Å²) in [6, 6.07) is 16.7. The number of nitrogens with one attached hydrogen (secondary N) is 1. The van der Waals surface area contributed by atoms with Crippen LogP contribution in [0.3, 0.4) is 0 Å². The summed E-state index contributed by atoms with van der Waals surface area (Å²) in [5.41, 5.74) is 2.29. The SMILES string of the molecule is CCC(NC(=O)c1ccc(CS(=O)(=O)N2CCN(C)CC2)cc1)c1ccccc1. The predicted molar refractivity (Wildman–Crippen MR) is 115 cm³/mol. The van der Waals surface area contributed by atoms with Crippen molar-refractivity contribution in [1.82, 2.24) is 14.5 Å². The molecule has 1 amide bonds. The van der Waals surface area contributed by atoms with Gasteiger partial charge in [0.1, 0.15) is 0 Å². The zero-order valence-electron chi connectivity index (χ0n) is 17.0. The Morgan fingerprint density at radius 1 is 1.00 bits per heavy atom. The van der Waals surface area contributed by atoms with Crippen LogP contribution in [0.25, 0.3) is 0 Å². The number of benzene rings is 2. The summed E-state index contributed by atoms with van der Waals surface area (Å²) in [5.74, 6) is -0.200. The first-order valence-electron chi connectivity index (χ1n) is 10.00. The smallest absolute Gasteiger partial charge is 0.251 e. The molecular formula is C22H29N3O3S. The van der Waals surface area contributed by atoms with Crippen molar-refractivity contribution >= 4 is 15.9 Å². The van der Waals surface area contributed by atoms with Crippen LogP contribution in [0, 0.1) is 0 Å². The van der Waals surface area contributed by atoms with Gasteiger partial charge in [0.25, 0.3) is 5.91 Å². The molecule has 1 aliphatic rings. The first-order valence-corrected chi connectivity index (χ1v) is 11.6. The molecule has 29 heavy (non-hydrogen) atoms. The summed E-state index contributed by atoms with van der Waals surface area (Å²) in [4.78, 5) is 14.7. The Morgan fingerprint density at radius 2 is 1.62 bits per heavy atom. The molecule has 7 heteroatoms. The van der Waals surface area contributed by atoms with E-state index >= 15 is 0 Å². The van der Waals surface area contributed by atoms with Crippen molar-refractivity contribution in [3.05, 3.63) is 71.3 Å². The lowest BCUT2D eigenvalue weighted by atomic mass is 10.0. The van der Waals surface area contributed by atoms with Gasteiger partial charge in [0.15, 0.2) is 0 Å².